The van der Waals surface area contributed by atoms with Crippen LogP contribution in [0.4, 0.5) is 22.0 Å². The van der Waals surface area contributed by atoms with Gasteiger partial charge in [-0.3, -0.25) is 0 Å². The van der Waals surface area contributed by atoms with Crippen molar-refractivity contribution in [3.8, 4) is 0 Å². The number of hydrogen-bond donors (Lipinski definition) is 2. The van der Waals surface area contributed by atoms with E-state index in [1.807, 2.05) is 0 Å². The molecule has 0 bridgehead atoms. The average molecular weight is 683 g/mol. The predicted molar refractivity (Wildman–Crippen MR) is 96.5 cm³/mol. The number of ether oxygens (including phenoxy) is 2. The molecule has 0 saturated carbocycles. The fraction of sp³-hybridized carbons (Fsp3) is 0.526. The first kappa shape index (κ1) is 29.0. The normalized spacial score (nSPS) is 11.1. The summed E-state index contributed by atoms with van der Waals surface area (Å²) in [7, 11) is 0. The molecule has 0 atom stereocenters. The zero-order valence-electron chi connectivity index (χ0n) is 17.0. The van der Waals surface area contributed by atoms with Crippen LogP contribution in [0, 0.1) is 29.1 Å². The van der Waals surface area contributed by atoms with Crippen LogP contribution in [0.3, 0.4) is 0 Å². The summed E-state index contributed by atoms with van der Waals surface area (Å²) in [6.45, 7) is 9.58. The summed E-state index contributed by atoms with van der Waals surface area (Å²) in [6.07, 6.45) is 1.81. The molecule has 0 fully saturated rings. The number of aliphatic hydroxyl groups is 1. The second-order valence-electron chi connectivity index (χ2n) is 7.19. The topological polar surface area (TPSA) is 67.8 Å². The molecular formula is C19H25F5FmNO4-. The minimum Gasteiger partial charge on any atom is -0.524 e. The van der Waals surface area contributed by atoms with E-state index in [9.17, 15) is 26.7 Å². The molecular weight excluding hydrogens is 658 g/mol. The van der Waals surface area contributed by atoms with Crippen LogP contribution in [0.25, 0.3) is 0 Å². The van der Waals surface area contributed by atoms with E-state index in [0.717, 1.165) is 6.26 Å². The first-order chi connectivity index (χ1) is 13.3. The molecule has 0 saturated heterocycles. The zero-order chi connectivity index (χ0) is 22.8. The van der Waals surface area contributed by atoms with E-state index in [4.69, 9.17) is 14.6 Å². The fourth-order valence-corrected chi connectivity index (χ4v) is 2.07. The molecule has 0 aliphatic heterocycles. The first-order valence-electron chi connectivity index (χ1n) is 8.45. The Labute approximate surface area is 166 Å². The van der Waals surface area contributed by atoms with Gasteiger partial charge in [0.2, 0.25) is 5.82 Å². The van der Waals surface area contributed by atoms with Gasteiger partial charge in [0.25, 0.3) is 0 Å². The van der Waals surface area contributed by atoms with Crippen LogP contribution in [-0.4, -0.2) is 42.5 Å². The number of rotatable bonds is 10. The van der Waals surface area contributed by atoms with Crippen molar-refractivity contribution in [3.63, 3.8) is 0 Å². The molecule has 0 radical (unpaired) electrons. The van der Waals surface area contributed by atoms with Gasteiger partial charge in [0.05, 0.1) is 31.7 Å². The molecule has 0 heterocycles. The molecule has 0 aromatic heterocycles. The third-order valence-electron chi connectivity index (χ3n) is 3.45. The van der Waals surface area contributed by atoms with Crippen molar-refractivity contribution in [1.29, 1.82) is 0 Å². The Morgan fingerprint density at radius 3 is 1.87 bits per heavy atom. The summed E-state index contributed by atoms with van der Waals surface area (Å²) in [5, 5.41) is 9.78. The van der Waals surface area contributed by atoms with Gasteiger partial charge in [0.1, 0.15) is 0 Å². The molecule has 0 spiro atoms. The van der Waals surface area contributed by atoms with Crippen LogP contribution in [0.5, 0.6) is 0 Å². The maximum atomic E-state index is 13.6. The zero-order valence-corrected chi connectivity index (χ0v) is 19.4. The SMILES string of the molecule is C=CO.CC(C)(COCC(C)(C)OCCc1c(F)c(F)c(F)c(F)c1F)N[C-]=O.[Fm]. The van der Waals surface area contributed by atoms with Gasteiger partial charge in [0, 0.05) is 17.5 Å². The number of nitrogens with one attached hydrogen (secondary N) is 1. The first-order valence-corrected chi connectivity index (χ1v) is 8.45. The maximum absolute atomic E-state index is 13.6. The number of carbonyl (C=O) groups excluding carboxylic acids is 1. The summed E-state index contributed by atoms with van der Waals surface area (Å²) >= 11 is 0. The quantitative estimate of drug-likeness (QED) is 0.0983. The second kappa shape index (κ2) is 12.4. The van der Waals surface area contributed by atoms with E-state index >= 15 is 0 Å². The molecule has 0 aliphatic rings. The van der Waals surface area contributed by atoms with Gasteiger partial charge < -0.3 is 24.7 Å². The van der Waals surface area contributed by atoms with Crippen LogP contribution in [-0.2, 0) is 20.7 Å². The Kier molecular flexibility index (Phi) is 12.0. The summed E-state index contributed by atoms with van der Waals surface area (Å²) in [4.78, 5) is 10.3. The van der Waals surface area contributed by atoms with E-state index < -0.39 is 52.2 Å². The summed E-state index contributed by atoms with van der Waals surface area (Å²) < 4.78 is 77.3. The third kappa shape index (κ3) is 8.87. The van der Waals surface area contributed by atoms with E-state index in [2.05, 4.69) is 11.9 Å². The van der Waals surface area contributed by atoms with Gasteiger partial charge in [-0.1, -0.05) is 6.58 Å². The summed E-state index contributed by atoms with van der Waals surface area (Å²) in [5.74, 6) is -9.89. The molecule has 1 aromatic carbocycles. The van der Waals surface area contributed by atoms with Crippen LogP contribution >= 0.6 is 0 Å². The van der Waals surface area contributed by atoms with Crippen molar-refractivity contribution in [3.05, 3.63) is 47.5 Å². The van der Waals surface area contributed by atoms with Crippen molar-refractivity contribution in [1.82, 2.24) is 5.32 Å². The van der Waals surface area contributed by atoms with Gasteiger partial charge in [0.15, 0.2) is 23.3 Å². The van der Waals surface area contributed by atoms with Gasteiger partial charge in [-0.25, -0.2) is 22.0 Å². The summed E-state index contributed by atoms with van der Waals surface area (Å²) in [6, 6.07) is 0. The molecule has 11 heteroatoms. The van der Waals surface area contributed by atoms with Crippen LogP contribution in [0.15, 0.2) is 12.8 Å². The second-order valence-corrected chi connectivity index (χ2v) is 7.19. The fourth-order valence-electron chi connectivity index (χ4n) is 2.07. The van der Waals surface area contributed by atoms with Crippen molar-refractivity contribution in [2.45, 2.75) is 45.3 Å². The minimum absolute atomic E-state index is 0. The third-order valence-corrected chi connectivity index (χ3v) is 3.45. The molecule has 30 heavy (non-hydrogen) atoms. The largest absolute Gasteiger partial charge is 0.524 e. The van der Waals surface area contributed by atoms with E-state index in [0.29, 0.717) is 0 Å². The van der Waals surface area contributed by atoms with E-state index in [1.54, 1.807) is 34.1 Å². The van der Waals surface area contributed by atoms with Crippen molar-refractivity contribution >= 4 is 6.41 Å². The molecule has 178 valence electrons. The van der Waals surface area contributed by atoms with Crippen LogP contribution < -0.4 is 5.32 Å². The molecule has 1 amide bonds. The Morgan fingerprint density at radius 1 is 1.00 bits per heavy atom. The monoisotopic (exact) mass is 683 g/mol. The average Bonchev–Trinajstić information content (AvgIpc) is 2.61. The van der Waals surface area contributed by atoms with E-state index in [-0.39, 0.29) is 19.8 Å². The Bertz CT molecular complexity index is 673. The smallest absolute Gasteiger partial charge is 0.200 e. The van der Waals surface area contributed by atoms with E-state index in [1.165, 1.54) is 0 Å². The van der Waals surface area contributed by atoms with Crippen LogP contribution in [0.1, 0.15) is 33.3 Å². The Hall–Kier alpha value is -3.20. The predicted octanol–water partition coefficient (Wildman–Crippen LogP) is 3.86. The van der Waals surface area contributed by atoms with Crippen LogP contribution in [0.2, 0.25) is 0 Å². The van der Waals surface area contributed by atoms with Gasteiger partial charge in [-0.2, -0.15) is 6.41 Å². The molecule has 0 aliphatic carbocycles. The van der Waals surface area contributed by atoms with Crippen molar-refractivity contribution in [2.24, 2.45) is 0 Å². The molecule has 1 rings (SSSR count). The molecule has 1 aromatic rings. The maximum Gasteiger partial charge on any atom is 0.200 e. The van der Waals surface area contributed by atoms with Gasteiger partial charge in [-0.05, 0) is 27.7 Å². The van der Waals surface area contributed by atoms with Crippen molar-refractivity contribution in [2.75, 3.05) is 19.8 Å². The molecule has 5 nitrogen and oxygen atoms in total. The standard InChI is InChI=1S/C17H21F5NO3.C2H4O.Fm/c1-16(2,23-9-24)7-25-8-17(3,4)26-6-5-10-11(18)13(20)15(22)14(21)12(10)19;1-2-3;/h5-8H2,1-4H3,(H,23,24);2-3H,1H2;/q-1;;. The Balaban J connectivity index is 0. The Morgan fingerprint density at radius 2 is 1.43 bits per heavy atom. The molecule has 2 N–H and O–H groups in total. The van der Waals surface area contributed by atoms with Gasteiger partial charge >= 0.3 is 0 Å². The van der Waals surface area contributed by atoms with Crippen molar-refractivity contribution < 1.29 is 41.3 Å². The number of hydrogen-bond acceptors (Lipinski definition) is 4. The number of halogens is 5. The molecule has 0 unspecified atom stereocenters. The number of benzene rings is 1. The van der Waals surface area contributed by atoms with Gasteiger partial charge in [-0.15, -0.1) is 0 Å². The number of amides is 1. The number of aliphatic hydroxyl groups excluding tert-OH is 1. The summed E-state index contributed by atoms with van der Waals surface area (Å²) in [5.41, 5.74) is -2.46. The minimum atomic E-state index is -2.19.